The SMILES string of the molecule is CC(C)CC1[C@H](CC2CO2)OC(C)(C)N1C(=O)OC(C)(C)C. The van der Waals surface area contributed by atoms with Crippen LogP contribution in [0.25, 0.3) is 0 Å². The third-order valence-corrected chi connectivity index (χ3v) is 3.98. The third-order valence-electron chi connectivity index (χ3n) is 3.98. The average molecular weight is 313 g/mol. The van der Waals surface area contributed by atoms with Crippen molar-refractivity contribution in [1.29, 1.82) is 0 Å². The van der Waals surface area contributed by atoms with Crippen molar-refractivity contribution >= 4 is 6.09 Å². The fourth-order valence-corrected chi connectivity index (χ4v) is 3.15. The molecule has 2 unspecified atom stereocenters. The normalized spacial score (nSPS) is 30.7. The lowest BCUT2D eigenvalue weighted by atomic mass is 9.96. The van der Waals surface area contributed by atoms with Crippen molar-refractivity contribution in [2.45, 2.75) is 90.9 Å². The molecule has 2 fully saturated rings. The molecule has 2 saturated heterocycles. The molecule has 128 valence electrons. The number of hydrogen-bond acceptors (Lipinski definition) is 4. The number of carbonyl (C=O) groups excluding carboxylic acids is 1. The summed E-state index contributed by atoms with van der Waals surface area (Å²) >= 11 is 0. The van der Waals surface area contributed by atoms with E-state index in [1.54, 1.807) is 4.90 Å². The quantitative estimate of drug-likeness (QED) is 0.745. The smallest absolute Gasteiger partial charge is 0.412 e. The Bertz CT molecular complexity index is 409. The highest BCUT2D eigenvalue weighted by Gasteiger charge is 2.52. The largest absolute Gasteiger partial charge is 0.444 e. The standard InChI is InChI=1S/C17H31NO4/c1-11(2)8-13-14(9-12-10-20-12)21-17(6,7)18(13)15(19)22-16(3,4)5/h11-14H,8-10H2,1-7H3/t12?,13?,14-/m0/s1. The molecule has 2 aliphatic heterocycles. The molecule has 0 saturated carbocycles. The van der Waals surface area contributed by atoms with Gasteiger partial charge in [0.05, 0.1) is 24.9 Å². The molecular weight excluding hydrogens is 282 g/mol. The maximum Gasteiger partial charge on any atom is 0.412 e. The lowest BCUT2D eigenvalue weighted by molar-refractivity contribution is -0.0806. The van der Waals surface area contributed by atoms with Crippen LogP contribution in [0.3, 0.4) is 0 Å². The number of rotatable bonds is 4. The van der Waals surface area contributed by atoms with Gasteiger partial charge in [-0.05, 0) is 47.0 Å². The van der Waals surface area contributed by atoms with E-state index in [1.807, 2.05) is 34.6 Å². The number of epoxide rings is 1. The van der Waals surface area contributed by atoms with Crippen LogP contribution in [0.2, 0.25) is 0 Å². The van der Waals surface area contributed by atoms with Crippen molar-refractivity contribution in [3.05, 3.63) is 0 Å². The van der Waals surface area contributed by atoms with Gasteiger partial charge in [-0.3, -0.25) is 4.90 Å². The van der Waals surface area contributed by atoms with E-state index in [1.165, 1.54) is 0 Å². The molecule has 0 aromatic carbocycles. The van der Waals surface area contributed by atoms with Crippen LogP contribution in [-0.2, 0) is 14.2 Å². The predicted octanol–water partition coefficient (Wildman–Crippen LogP) is 3.56. The average Bonchev–Trinajstić information content (AvgIpc) is 3.02. The van der Waals surface area contributed by atoms with Crippen LogP contribution in [0, 0.1) is 5.92 Å². The first-order valence-electron chi connectivity index (χ1n) is 8.31. The molecule has 22 heavy (non-hydrogen) atoms. The Morgan fingerprint density at radius 1 is 1.36 bits per heavy atom. The summed E-state index contributed by atoms with van der Waals surface area (Å²) < 4.78 is 17.2. The summed E-state index contributed by atoms with van der Waals surface area (Å²) in [5.74, 6) is 0.482. The van der Waals surface area contributed by atoms with Gasteiger partial charge in [0.15, 0.2) is 0 Å². The van der Waals surface area contributed by atoms with E-state index >= 15 is 0 Å². The monoisotopic (exact) mass is 313 g/mol. The molecule has 1 amide bonds. The molecule has 5 heteroatoms. The van der Waals surface area contributed by atoms with Crippen molar-refractivity contribution < 1.29 is 19.0 Å². The van der Waals surface area contributed by atoms with Crippen molar-refractivity contribution in [3.8, 4) is 0 Å². The molecule has 0 bridgehead atoms. The van der Waals surface area contributed by atoms with Crippen LogP contribution < -0.4 is 0 Å². The molecule has 0 aliphatic carbocycles. The second-order valence-corrected chi connectivity index (χ2v) is 8.34. The summed E-state index contributed by atoms with van der Waals surface area (Å²) in [6.45, 7) is 14.7. The third kappa shape index (κ3) is 4.35. The van der Waals surface area contributed by atoms with Crippen molar-refractivity contribution in [2.24, 2.45) is 5.92 Å². The number of carbonyl (C=O) groups is 1. The van der Waals surface area contributed by atoms with E-state index < -0.39 is 11.3 Å². The zero-order valence-corrected chi connectivity index (χ0v) is 15.0. The first kappa shape index (κ1) is 17.5. The Hall–Kier alpha value is -0.810. The van der Waals surface area contributed by atoms with E-state index in [2.05, 4.69) is 13.8 Å². The fourth-order valence-electron chi connectivity index (χ4n) is 3.15. The summed E-state index contributed by atoms with van der Waals surface area (Å²) in [7, 11) is 0. The fraction of sp³-hybridized carbons (Fsp3) is 0.941. The van der Waals surface area contributed by atoms with E-state index in [9.17, 15) is 4.79 Å². The predicted molar refractivity (Wildman–Crippen MR) is 84.6 cm³/mol. The van der Waals surface area contributed by atoms with Gasteiger partial charge in [-0.2, -0.15) is 0 Å². The summed E-state index contributed by atoms with van der Waals surface area (Å²) in [6, 6.07) is 0.0362. The van der Waals surface area contributed by atoms with E-state index in [0.717, 1.165) is 19.4 Å². The van der Waals surface area contributed by atoms with Crippen LogP contribution in [0.5, 0.6) is 0 Å². The molecule has 0 aromatic rings. The topological polar surface area (TPSA) is 51.3 Å². The molecule has 0 spiro atoms. The van der Waals surface area contributed by atoms with Crippen molar-refractivity contribution in [2.75, 3.05) is 6.61 Å². The zero-order chi connectivity index (χ0) is 16.7. The van der Waals surface area contributed by atoms with Gasteiger partial charge < -0.3 is 14.2 Å². The van der Waals surface area contributed by atoms with Crippen molar-refractivity contribution in [1.82, 2.24) is 4.90 Å². The molecule has 2 heterocycles. The number of nitrogens with zero attached hydrogens (tertiary/aromatic N) is 1. The second kappa shape index (κ2) is 6.00. The molecule has 3 atom stereocenters. The second-order valence-electron chi connectivity index (χ2n) is 8.34. The minimum Gasteiger partial charge on any atom is -0.444 e. The molecule has 0 aromatic heterocycles. The summed E-state index contributed by atoms with van der Waals surface area (Å²) in [6.07, 6.45) is 1.76. The van der Waals surface area contributed by atoms with E-state index in [-0.39, 0.29) is 24.3 Å². The summed E-state index contributed by atoms with van der Waals surface area (Å²) in [4.78, 5) is 14.5. The van der Waals surface area contributed by atoms with Crippen LogP contribution >= 0.6 is 0 Å². The number of ether oxygens (including phenoxy) is 3. The first-order valence-corrected chi connectivity index (χ1v) is 8.31. The Morgan fingerprint density at radius 2 is 1.95 bits per heavy atom. The van der Waals surface area contributed by atoms with E-state index in [4.69, 9.17) is 14.2 Å². The Morgan fingerprint density at radius 3 is 2.41 bits per heavy atom. The summed E-state index contributed by atoms with van der Waals surface area (Å²) in [5.41, 5.74) is -1.16. The first-order chi connectivity index (χ1) is 9.99. The highest BCUT2D eigenvalue weighted by atomic mass is 16.6. The lowest BCUT2D eigenvalue weighted by Gasteiger charge is -2.35. The van der Waals surface area contributed by atoms with Gasteiger partial charge in [0.2, 0.25) is 0 Å². The molecule has 0 N–H and O–H groups in total. The van der Waals surface area contributed by atoms with Gasteiger partial charge >= 0.3 is 6.09 Å². The van der Waals surface area contributed by atoms with Gasteiger partial charge in [0.1, 0.15) is 11.3 Å². The Labute approximate surface area is 134 Å². The highest BCUT2D eigenvalue weighted by molar-refractivity contribution is 5.70. The zero-order valence-electron chi connectivity index (χ0n) is 15.0. The molecule has 2 rings (SSSR count). The van der Waals surface area contributed by atoms with Gasteiger partial charge in [-0.15, -0.1) is 0 Å². The lowest BCUT2D eigenvalue weighted by Crippen LogP contribution is -2.50. The number of amides is 1. The minimum absolute atomic E-state index is 0.0115. The molecule has 5 nitrogen and oxygen atoms in total. The van der Waals surface area contributed by atoms with E-state index in [0.29, 0.717) is 5.92 Å². The highest BCUT2D eigenvalue weighted by Crippen LogP contribution is 2.39. The van der Waals surface area contributed by atoms with Crippen LogP contribution in [0.1, 0.15) is 61.3 Å². The molecular formula is C17H31NO4. The van der Waals surface area contributed by atoms with Crippen LogP contribution in [0.4, 0.5) is 4.79 Å². The van der Waals surface area contributed by atoms with Gasteiger partial charge in [0.25, 0.3) is 0 Å². The van der Waals surface area contributed by atoms with Gasteiger partial charge in [0, 0.05) is 6.42 Å². The Kier molecular flexibility index (Phi) is 4.79. The van der Waals surface area contributed by atoms with Gasteiger partial charge in [-0.25, -0.2) is 4.79 Å². The Balaban J connectivity index is 2.19. The van der Waals surface area contributed by atoms with Crippen LogP contribution in [-0.4, -0.2) is 47.2 Å². The maximum absolute atomic E-state index is 12.7. The van der Waals surface area contributed by atoms with Crippen LogP contribution in [0.15, 0.2) is 0 Å². The number of hydrogen-bond donors (Lipinski definition) is 0. The van der Waals surface area contributed by atoms with Crippen molar-refractivity contribution in [3.63, 3.8) is 0 Å². The summed E-state index contributed by atoms with van der Waals surface area (Å²) in [5, 5.41) is 0. The molecule has 2 aliphatic rings. The molecule has 0 radical (unpaired) electrons. The van der Waals surface area contributed by atoms with Gasteiger partial charge in [-0.1, -0.05) is 13.8 Å². The maximum atomic E-state index is 12.7. The minimum atomic E-state index is -0.651.